The monoisotopic (exact) mass is 440 g/mol. The van der Waals surface area contributed by atoms with Gasteiger partial charge in [0.15, 0.2) is 0 Å². The van der Waals surface area contributed by atoms with E-state index in [4.69, 9.17) is 4.98 Å². The lowest BCUT2D eigenvalue weighted by Gasteiger charge is -2.20. The maximum absolute atomic E-state index is 13.0. The zero-order valence-corrected chi connectivity index (χ0v) is 18.7. The van der Waals surface area contributed by atoms with Crippen molar-refractivity contribution in [1.29, 1.82) is 0 Å². The maximum atomic E-state index is 13.0. The van der Waals surface area contributed by atoms with Gasteiger partial charge in [-0.2, -0.15) is 0 Å². The number of fused-ring (bicyclic) bond motifs is 1. The minimum absolute atomic E-state index is 0.106. The fraction of sp³-hybridized carbons (Fsp3) is 0.222. The summed E-state index contributed by atoms with van der Waals surface area (Å²) in [7, 11) is 0. The molecular weight excluding hydrogens is 412 g/mol. The first-order valence-corrected chi connectivity index (χ1v) is 11.3. The van der Waals surface area contributed by atoms with E-state index in [9.17, 15) is 9.59 Å². The third-order valence-corrected chi connectivity index (χ3v) is 5.54. The van der Waals surface area contributed by atoms with E-state index in [1.165, 1.54) is 0 Å². The van der Waals surface area contributed by atoms with E-state index < -0.39 is 0 Å². The number of carbonyl (C=O) groups excluding carboxylic acids is 2. The first kappa shape index (κ1) is 22.3. The van der Waals surface area contributed by atoms with Crippen LogP contribution in [-0.2, 0) is 11.3 Å². The Bertz CT molecular complexity index is 1220. The predicted octanol–water partition coefficient (Wildman–Crippen LogP) is 5.34. The average molecular weight is 441 g/mol. The van der Waals surface area contributed by atoms with Crippen molar-refractivity contribution in [3.63, 3.8) is 0 Å². The van der Waals surface area contributed by atoms with Crippen LogP contribution in [-0.4, -0.2) is 21.4 Å². The van der Waals surface area contributed by atoms with Crippen LogP contribution < -0.4 is 10.6 Å². The highest BCUT2D eigenvalue weighted by Crippen LogP contribution is 2.25. The van der Waals surface area contributed by atoms with Crippen LogP contribution in [0.3, 0.4) is 0 Å². The molecule has 0 aliphatic heterocycles. The summed E-state index contributed by atoms with van der Waals surface area (Å²) in [6, 6.07) is 26.0. The number of amides is 2. The molecule has 1 aromatic heterocycles. The largest absolute Gasteiger partial charge is 0.342 e. The molecule has 6 heteroatoms. The normalized spacial score (nSPS) is 11.8. The molecule has 0 unspecified atom stereocenters. The summed E-state index contributed by atoms with van der Waals surface area (Å²) < 4.78 is 1.92. The number of unbranched alkanes of at least 4 members (excludes halogenated alkanes) is 1. The van der Waals surface area contributed by atoms with Gasteiger partial charge in [0.05, 0.1) is 17.1 Å². The number of hydrogen-bond acceptors (Lipinski definition) is 3. The molecule has 0 bridgehead atoms. The summed E-state index contributed by atoms with van der Waals surface area (Å²) in [4.78, 5) is 30.7. The van der Waals surface area contributed by atoms with Gasteiger partial charge in [0.1, 0.15) is 12.4 Å². The maximum Gasteiger partial charge on any atom is 0.251 e. The first-order valence-electron chi connectivity index (χ1n) is 11.3. The lowest BCUT2D eigenvalue weighted by atomic mass is 10.1. The van der Waals surface area contributed by atoms with Crippen LogP contribution in [0.25, 0.3) is 11.0 Å². The van der Waals surface area contributed by atoms with Crippen molar-refractivity contribution in [3.05, 3.63) is 96.3 Å². The number of nitrogens with zero attached hydrogens (tertiary/aromatic N) is 2. The third kappa shape index (κ3) is 5.47. The Balaban J connectivity index is 1.66. The van der Waals surface area contributed by atoms with Crippen LogP contribution in [0.15, 0.2) is 84.9 Å². The van der Waals surface area contributed by atoms with Crippen molar-refractivity contribution in [2.24, 2.45) is 0 Å². The van der Waals surface area contributed by atoms with Gasteiger partial charge < -0.3 is 15.2 Å². The van der Waals surface area contributed by atoms with Gasteiger partial charge in [-0.15, -0.1) is 0 Å². The molecule has 0 fully saturated rings. The van der Waals surface area contributed by atoms with Gasteiger partial charge in [-0.05, 0) is 42.8 Å². The molecule has 2 amide bonds. The Kier molecular flexibility index (Phi) is 7.15. The Hall–Kier alpha value is -3.93. The van der Waals surface area contributed by atoms with E-state index in [1.54, 1.807) is 12.1 Å². The van der Waals surface area contributed by atoms with Gasteiger partial charge in [-0.25, -0.2) is 4.98 Å². The van der Waals surface area contributed by atoms with E-state index in [1.807, 2.05) is 77.4 Å². The second kappa shape index (κ2) is 10.6. The Morgan fingerprint density at radius 3 is 2.30 bits per heavy atom. The van der Waals surface area contributed by atoms with E-state index in [-0.39, 0.29) is 24.4 Å². The van der Waals surface area contributed by atoms with Crippen molar-refractivity contribution < 1.29 is 9.59 Å². The summed E-state index contributed by atoms with van der Waals surface area (Å²) in [5.41, 5.74) is 3.01. The molecule has 1 heterocycles. The SMILES string of the molecule is CCCC[C@H](NC(=O)c1ccccc1)c1nc2ccccc2n1CC(=O)Nc1ccccc1. The van der Waals surface area contributed by atoms with Crippen molar-refractivity contribution in [2.75, 3.05) is 5.32 Å². The Labute approximate surface area is 193 Å². The standard InChI is InChI=1S/C27H28N4O2/c1-2-3-16-23(30-27(33)20-12-6-4-7-13-20)26-29-22-17-10-11-18-24(22)31(26)19-25(32)28-21-14-8-5-9-15-21/h4-15,17-18,23H,2-3,16,19H2,1H3,(H,28,32)(H,30,33)/t23-/m0/s1. The van der Waals surface area contributed by atoms with Gasteiger partial charge in [-0.1, -0.05) is 68.3 Å². The van der Waals surface area contributed by atoms with E-state index in [0.717, 1.165) is 36.0 Å². The molecule has 33 heavy (non-hydrogen) atoms. The zero-order chi connectivity index (χ0) is 23.0. The molecule has 0 radical (unpaired) electrons. The average Bonchev–Trinajstić information content (AvgIpc) is 3.21. The molecule has 0 aliphatic rings. The van der Waals surface area contributed by atoms with Crippen LogP contribution >= 0.6 is 0 Å². The molecule has 0 spiro atoms. The minimum Gasteiger partial charge on any atom is -0.342 e. The number of benzene rings is 3. The quantitative estimate of drug-likeness (QED) is 0.369. The fourth-order valence-electron chi connectivity index (χ4n) is 3.90. The van der Waals surface area contributed by atoms with Gasteiger partial charge in [0.25, 0.3) is 5.91 Å². The highest BCUT2D eigenvalue weighted by atomic mass is 16.2. The van der Waals surface area contributed by atoms with Crippen molar-refractivity contribution in [1.82, 2.24) is 14.9 Å². The molecule has 3 aromatic carbocycles. The lowest BCUT2D eigenvalue weighted by molar-refractivity contribution is -0.116. The molecule has 4 aromatic rings. The van der Waals surface area contributed by atoms with Crippen molar-refractivity contribution in [3.8, 4) is 0 Å². The third-order valence-electron chi connectivity index (χ3n) is 5.54. The van der Waals surface area contributed by atoms with Gasteiger partial charge in [-0.3, -0.25) is 9.59 Å². The number of aromatic nitrogens is 2. The van der Waals surface area contributed by atoms with Gasteiger partial charge in [0.2, 0.25) is 5.91 Å². The number of carbonyl (C=O) groups is 2. The number of rotatable bonds is 9. The number of anilines is 1. The molecule has 168 valence electrons. The molecule has 1 atom stereocenters. The van der Waals surface area contributed by atoms with E-state index in [0.29, 0.717) is 11.4 Å². The molecule has 0 saturated heterocycles. The number of hydrogen-bond donors (Lipinski definition) is 2. The molecule has 6 nitrogen and oxygen atoms in total. The Morgan fingerprint density at radius 1 is 0.909 bits per heavy atom. The lowest BCUT2D eigenvalue weighted by Crippen LogP contribution is -2.31. The summed E-state index contributed by atoms with van der Waals surface area (Å²) in [6.45, 7) is 2.22. The summed E-state index contributed by atoms with van der Waals surface area (Å²) in [6.07, 6.45) is 2.66. The molecule has 0 aliphatic carbocycles. The van der Waals surface area contributed by atoms with Crippen LogP contribution in [0.1, 0.15) is 48.4 Å². The summed E-state index contributed by atoms with van der Waals surface area (Å²) in [5.74, 6) is 0.399. The Morgan fingerprint density at radius 2 is 1.58 bits per heavy atom. The predicted molar refractivity (Wildman–Crippen MR) is 131 cm³/mol. The molecule has 4 rings (SSSR count). The molecule has 2 N–H and O–H groups in total. The second-order valence-corrected chi connectivity index (χ2v) is 7.99. The molecule has 0 saturated carbocycles. The molecular formula is C27H28N4O2. The highest BCUT2D eigenvalue weighted by Gasteiger charge is 2.23. The van der Waals surface area contributed by atoms with Gasteiger partial charge >= 0.3 is 0 Å². The fourth-order valence-corrected chi connectivity index (χ4v) is 3.90. The number of para-hydroxylation sites is 3. The number of nitrogens with one attached hydrogen (secondary N) is 2. The first-order chi connectivity index (χ1) is 16.2. The van der Waals surface area contributed by atoms with Crippen LogP contribution in [0.2, 0.25) is 0 Å². The smallest absolute Gasteiger partial charge is 0.251 e. The van der Waals surface area contributed by atoms with Gasteiger partial charge in [0, 0.05) is 11.3 Å². The van der Waals surface area contributed by atoms with E-state index >= 15 is 0 Å². The second-order valence-electron chi connectivity index (χ2n) is 7.99. The van der Waals surface area contributed by atoms with Crippen LogP contribution in [0, 0.1) is 0 Å². The zero-order valence-electron chi connectivity index (χ0n) is 18.7. The summed E-state index contributed by atoms with van der Waals surface area (Å²) >= 11 is 0. The summed E-state index contributed by atoms with van der Waals surface area (Å²) in [5, 5.41) is 6.10. The highest BCUT2D eigenvalue weighted by molar-refractivity contribution is 5.94. The minimum atomic E-state index is -0.311. The number of imidazole rings is 1. The van der Waals surface area contributed by atoms with Crippen LogP contribution in [0.4, 0.5) is 5.69 Å². The van der Waals surface area contributed by atoms with Crippen molar-refractivity contribution >= 4 is 28.5 Å². The van der Waals surface area contributed by atoms with Crippen LogP contribution in [0.5, 0.6) is 0 Å². The van der Waals surface area contributed by atoms with E-state index in [2.05, 4.69) is 17.6 Å². The topological polar surface area (TPSA) is 76.0 Å². The van der Waals surface area contributed by atoms with Crippen molar-refractivity contribution in [2.45, 2.75) is 38.8 Å².